The zero-order valence-corrected chi connectivity index (χ0v) is 11.9. The molecular weight excluding hydrogens is 296 g/mol. The molecule has 110 valence electrons. The van der Waals surface area contributed by atoms with E-state index < -0.39 is 4.92 Å². The quantitative estimate of drug-likeness (QED) is 0.650. The van der Waals surface area contributed by atoms with Crippen LogP contribution in [0.25, 0.3) is 0 Å². The normalized spacial score (nSPS) is 10.2. The van der Waals surface area contributed by atoms with E-state index in [1.54, 1.807) is 25.3 Å². The highest BCUT2D eigenvalue weighted by Gasteiger charge is 2.13. The molecule has 1 aromatic heterocycles. The summed E-state index contributed by atoms with van der Waals surface area (Å²) in [5.74, 6) is 0.918. The molecule has 8 heteroatoms. The predicted octanol–water partition coefficient (Wildman–Crippen LogP) is 2.85. The molecule has 0 amide bonds. The van der Waals surface area contributed by atoms with Gasteiger partial charge >= 0.3 is 5.69 Å². The number of benzene rings is 1. The van der Waals surface area contributed by atoms with Crippen molar-refractivity contribution in [1.29, 1.82) is 0 Å². The molecule has 0 spiro atoms. The molecule has 0 atom stereocenters. The fourth-order valence-electron chi connectivity index (χ4n) is 1.80. The summed E-state index contributed by atoms with van der Waals surface area (Å²) in [6.45, 7) is 0.354. The first-order valence-electron chi connectivity index (χ1n) is 5.99. The lowest BCUT2D eigenvalue weighted by Crippen LogP contribution is -2.06. The number of nitrogens with one attached hydrogen (secondary N) is 1. The second-order valence-electron chi connectivity index (χ2n) is 4.13. The summed E-state index contributed by atoms with van der Waals surface area (Å²) >= 11 is 6.12. The minimum absolute atomic E-state index is 0.142. The van der Waals surface area contributed by atoms with Gasteiger partial charge in [-0.3, -0.25) is 10.1 Å². The number of nitrogens with two attached hydrogens (primary N) is 1. The van der Waals surface area contributed by atoms with Gasteiger partial charge in [-0.2, -0.15) is 0 Å². The van der Waals surface area contributed by atoms with Crippen molar-refractivity contribution in [2.45, 2.75) is 6.54 Å². The highest BCUT2D eigenvalue weighted by atomic mass is 35.5. The molecule has 0 radical (unpaired) electrons. The molecule has 3 N–H and O–H groups in total. The number of anilines is 2. The van der Waals surface area contributed by atoms with Gasteiger partial charge in [-0.05, 0) is 18.2 Å². The Morgan fingerprint density at radius 1 is 1.43 bits per heavy atom. The van der Waals surface area contributed by atoms with E-state index in [1.165, 1.54) is 12.1 Å². The Bertz CT molecular complexity index is 678. The number of hydrogen-bond acceptors (Lipinski definition) is 6. The van der Waals surface area contributed by atoms with Gasteiger partial charge in [0, 0.05) is 23.2 Å². The molecule has 2 rings (SSSR count). The number of nitro groups is 1. The van der Waals surface area contributed by atoms with Gasteiger partial charge in [0.05, 0.1) is 12.0 Å². The maximum Gasteiger partial charge on any atom is 0.311 e. The van der Waals surface area contributed by atoms with Gasteiger partial charge < -0.3 is 15.8 Å². The van der Waals surface area contributed by atoms with E-state index in [4.69, 9.17) is 22.1 Å². The third-order valence-electron chi connectivity index (χ3n) is 2.84. The SMILES string of the molecule is COc1cccc(Cl)c1CNc1ccc([N+](=O)[O-])c(N)n1. The molecule has 1 aromatic carbocycles. The van der Waals surface area contributed by atoms with Crippen LogP contribution in [0.2, 0.25) is 5.02 Å². The van der Waals surface area contributed by atoms with E-state index in [9.17, 15) is 10.1 Å². The van der Waals surface area contributed by atoms with Crippen molar-refractivity contribution >= 4 is 28.9 Å². The van der Waals surface area contributed by atoms with Crippen molar-refractivity contribution in [3.8, 4) is 5.75 Å². The van der Waals surface area contributed by atoms with Crippen LogP contribution in [0.3, 0.4) is 0 Å². The third kappa shape index (κ3) is 3.32. The number of aromatic nitrogens is 1. The molecule has 1 heterocycles. The molecule has 0 saturated heterocycles. The summed E-state index contributed by atoms with van der Waals surface area (Å²) in [5, 5.41) is 14.2. The van der Waals surface area contributed by atoms with Crippen LogP contribution < -0.4 is 15.8 Å². The largest absolute Gasteiger partial charge is 0.496 e. The molecule has 0 aliphatic heterocycles. The second-order valence-corrected chi connectivity index (χ2v) is 4.54. The summed E-state index contributed by atoms with van der Waals surface area (Å²) in [5.41, 5.74) is 6.07. The van der Waals surface area contributed by atoms with E-state index in [0.717, 1.165) is 5.56 Å². The number of pyridine rings is 1. The number of ether oxygens (including phenoxy) is 1. The van der Waals surface area contributed by atoms with Gasteiger partial charge in [-0.1, -0.05) is 17.7 Å². The maximum atomic E-state index is 10.7. The van der Waals surface area contributed by atoms with E-state index in [1.807, 2.05) is 0 Å². The van der Waals surface area contributed by atoms with Crippen LogP contribution in [0.15, 0.2) is 30.3 Å². The predicted molar refractivity (Wildman–Crippen MR) is 80.6 cm³/mol. The molecule has 0 fully saturated rings. The molecule has 0 aliphatic rings. The summed E-state index contributed by atoms with van der Waals surface area (Å²) in [7, 11) is 1.55. The van der Waals surface area contributed by atoms with Crippen molar-refractivity contribution in [1.82, 2.24) is 4.98 Å². The van der Waals surface area contributed by atoms with Crippen LogP contribution in [0.5, 0.6) is 5.75 Å². The van der Waals surface area contributed by atoms with Crippen molar-refractivity contribution in [3.05, 3.63) is 51.0 Å². The lowest BCUT2D eigenvalue weighted by atomic mass is 10.2. The van der Waals surface area contributed by atoms with E-state index in [2.05, 4.69) is 10.3 Å². The van der Waals surface area contributed by atoms with Crippen LogP contribution in [-0.2, 0) is 6.54 Å². The lowest BCUT2D eigenvalue weighted by molar-refractivity contribution is -0.384. The first-order chi connectivity index (χ1) is 10.0. The van der Waals surface area contributed by atoms with E-state index in [-0.39, 0.29) is 11.5 Å². The summed E-state index contributed by atoms with van der Waals surface area (Å²) in [6, 6.07) is 8.11. The van der Waals surface area contributed by atoms with Gasteiger partial charge in [-0.25, -0.2) is 4.98 Å². The zero-order chi connectivity index (χ0) is 15.4. The molecule has 0 saturated carbocycles. The van der Waals surface area contributed by atoms with Gasteiger partial charge in [0.15, 0.2) is 0 Å². The van der Waals surface area contributed by atoms with Crippen LogP contribution in [0, 0.1) is 10.1 Å². The molecule has 7 nitrogen and oxygen atoms in total. The summed E-state index contributed by atoms with van der Waals surface area (Å²) < 4.78 is 5.23. The Kier molecular flexibility index (Phi) is 4.44. The second kappa shape index (κ2) is 6.27. The molecule has 0 unspecified atom stereocenters. The number of nitrogen functional groups attached to an aromatic ring is 1. The summed E-state index contributed by atoms with van der Waals surface area (Å²) in [6.07, 6.45) is 0. The van der Waals surface area contributed by atoms with Gasteiger partial charge in [0.25, 0.3) is 0 Å². The van der Waals surface area contributed by atoms with Crippen molar-refractivity contribution in [3.63, 3.8) is 0 Å². The number of methoxy groups -OCH3 is 1. The molecule has 21 heavy (non-hydrogen) atoms. The van der Waals surface area contributed by atoms with Gasteiger partial charge in [0.2, 0.25) is 5.82 Å². The first kappa shape index (κ1) is 14.9. The molecule has 2 aromatic rings. The number of rotatable bonds is 5. The van der Waals surface area contributed by atoms with E-state index in [0.29, 0.717) is 23.1 Å². The third-order valence-corrected chi connectivity index (χ3v) is 3.20. The fraction of sp³-hybridized carbons (Fsp3) is 0.154. The van der Waals surface area contributed by atoms with Crippen LogP contribution in [0.1, 0.15) is 5.56 Å². The lowest BCUT2D eigenvalue weighted by Gasteiger charge is -2.12. The van der Waals surface area contributed by atoms with Crippen molar-refractivity contribution in [2.24, 2.45) is 0 Å². The van der Waals surface area contributed by atoms with Gasteiger partial charge in [-0.15, -0.1) is 0 Å². The Morgan fingerprint density at radius 2 is 2.19 bits per heavy atom. The molecule has 0 bridgehead atoms. The van der Waals surface area contributed by atoms with Crippen LogP contribution in [0.4, 0.5) is 17.3 Å². The maximum absolute atomic E-state index is 10.7. The van der Waals surface area contributed by atoms with Crippen LogP contribution in [-0.4, -0.2) is 17.0 Å². The first-order valence-corrected chi connectivity index (χ1v) is 6.37. The number of halogens is 1. The Morgan fingerprint density at radius 3 is 2.81 bits per heavy atom. The monoisotopic (exact) mass is 308 g/mol. The zero-order valence-electron chi connectivity index (χ0n) is 11.2. The Hall–Kier alpha value is -2.54. The highest BCUT2D eigenvalue weighted by molar-refractivity contribution is 6.31. The number of nitrogens with zero attached hydrogens (tertiary/aromatic N) is 2. The van der Waals surface area contributed by atoms with Crippen molar-refractivity contribution in [2.75, 3.05) is 18.2 Å². The molecule has 0 aliphatic carbocycles. The minimum Gasteiger partial charge on any atom is -0.496 e. The average molecular weight is 309 g/mol. The highest BCUT2D eigenvalue weighted by Crippen LogP contribution is 2.27. The summed E-state index contributed by atoms with van der Waals surface area (Å²) in [4.78, 5) is 14.0. The Labute approximate surface area is 125 Å². The Balaban J connectivity index is 2.17. The molecular formula is C13H13ClN4O3. The minimum atomic E-state index is -0.580. The van der Waals surface area contributed by atoms with Crippen molar-refractivity contribution < 1.29 is 9.66 Å². The fourth-order valence-corrected chi connectivity index (χ4v) is 2.03. The topological polar surface area (TPSA) is 103 Å². The smallest absolute Gasteiger partial charge is 0.311 e. The van der Waals surface area contributed by atoms with Crippen LogP contribution >= 0.6 is 11.6 Å². The van der Waals surface area contributed by atoms with Gasteiger partial charge in [0.1, 0.15) is 11.6 Å². The van der Waals surface area contributed by atoms with E-state index >= 15 is 0 Å². The standard InChI is InChI=1S/C13H13ClN4O3/c1-21-11-4-2-3-9(14)8(11)7-16-12-6-5-10(18(19)20)13(15)17-12/h2-6H,7H2,1H3,(H3,15,16,17). The number of hydrogen-bond donors (Lipinski definition) is 2. The average Bonchev–Trinajstić information content (AvgIpc) is 2.45.